The molecular weight excluding hydrogens is 268 g/mol. The fourth-order valence-corrected chi connectivity index (χ4v) is 2.03. The molecule has 0 aromatic carbocycles. The minimum absolute atomic E-state index is 0.176. The summed E-state index contributed by atoms with van der Waals surface area (Å²) in [6.45, 7) is 4.82. The number of urea groups is 1. The summed E-state index contributed by atoms with van der Waals surface area (Å²) in [5.74, 6) is -0.762. The van der Waals surface area contributed by atoms with Gasteiger partial charge >= 0.3 is 12.0 Å². The molecule has 1 rings (SSSR count). The Bertz CT molecular complexity index is 456. The van der Waals surface area contributed by atoms with Gasteiger partial charge in [-0.2, -0.15) is 0 Å². The average molecular weight is 286 g/mol. The number of aliphatic hydroxyl groups is 1. The lowest BCUT2D eigenvalue weighted by molar-refractivity contribution is -0.162. The monoisotopic (exact) mass is 286 g/mol. The molecule has 0 saturated heterocycles. The number of esters is 1. The van der Waals surface area contributed by atoms with Crippen LogP contribution in [0, 0.1) is 6.92 Å². The van der Waals surface area contributed by atoms with Gasteiger partial charge in [0.25, 0.3) is 0 Å². The van der Waals surface area contributed by atoms with Crippen LogP contribution in [0.4, 0.5) is 9.80 Å². The number of thiophene rings is 1. The summed E-state index contributed by atoms with van der Waals surface area (Å²) in [5.41, 5.74) is -1.74. The first-order valence-electron chi connectivity index (χ1n) is 5.86. The van der Waals surface area contributed by atoms with Gasteiger partial charge in [0.05, 0.1) is 18.2 Å². The van der Waals surface area contributed by atoms with E-state index in [4.69, 9.17) is 4.74 Å². The number of nitrogens with one attached hydrogen (secondary N) is 2. The first-order chi connectivity index (χ1) is 8.85. The Morgan fingerprint density at radius 1 is 1.47 bits per heavy atom. The molecular formula is C12H18N2O4S. The molecule has 3 N–H and O–H groups in total. The zero-order valence-electron chi connectivity index (χ0n) is 11.1. The molecule has 0 radical (unpaired) electrons. The van der Waals surface area contributed by atoms with Gasteiger partial charge in [-0.15, -0.1) is 11.3 Å². The van der Waals surface area contributed by atoms with Crippen molar-refractivity contribution in [2.45, 2.75) is 26.4 Å². The maximum atomic E-state index is 11.6. The molecule has 1 aromatic rings. The minimum Gasteiger partial charge on any atom is -0.464 e. The molecule has 2 amide bonds. The summed E-state index contributed by atoms with van der Waals surface area (Å²) >= 11 is 1.44. The number of carbonyl (C=O) groups is 2. The number of rotatable bonds is 5. The van der Waals surface area contributed by atoms with Crippen molar-refractivity contribution in [3.8, 4) is 0 Å². The number of hydrogen-bond acceptors (Lipinski definition) is 5. The standard InChI is InChI=1S/C12H18N2O4S/c1-4-18-10(15)12(3,17)7-13-11(16)14-9-6-5-8(2)19-9/h5-6,17H,4,7H2,1-3H3,(H2,13,14,16)/t12-/m0/s1. The van der Waals surface area contributed by atoms with E-state index in [1.807, 2.05) is 13.0 Å². The highest BCUT2D eigenvalue weighted by Gasteiger charge is 2.32. The first kappa shape index (κ1) is 15.5. The Morgan fingerprint density at radius 3 is 2.68 bits per heavy atom. The number of aryl methyl sites for hydroxylation is 1. The van der Waals surface area contributed by atoms with Crippen LogP contribution in [0.2, 0.25) is 0 Å². The van der Waals surface area contributed by atoms with Crippen molar-refractivity contribution in [3.63, 3.8) is 0 Å². The highest BCUT2D eigenvalue weighted by Crippen LogP contribution is 2.20. The molecule has 0 fully saturated rings. The van der Waals surface area contributed by atoms with E-state index in [0.717, 1.165) is 4.88 Å². The summed E-state index contributed by atoms with van der Waals surface area (Å²) in [6.07, 6.45) is 0. The summed E-state index contributed by atoms with van der Waals surface area (Å²) in [4.78, 5) is 24.0. The Labute approximate surface area is 115 Å². The number of ether oxygens (including phenoxy) is 1. The lowest BCUT2D eigenvalue weighted by Gasteiger charge is -2.21. The Balaban J connectivity index is 2.43. The molecule has 106 valence electrons. The van der Waals surface area contributed by atoms with Gasteiger partial charge in [0.15, 0.2) is 5.60 Å². The fraction of sp³-hybridized carbons (Fsp3) is 0.500. The minimum atomic E-state index is -1.74. The zero-order chi connectivity index (χ0) is 14.5. The molecule has 0 aliphatic heterocycles. The van der Waals surface area contributed by atoms with Gasteiger partial charge in [-0.05, 0) is 32.9 Å². The third kappa shape index (κ3) is 4.88. The van der Waals surface area contributed by atoms with Gasteiger partial charge in [0.1, 0.15) is 0 Å². The van der Waals surface area contributed by atoms with E-state index < -0.39 is 17.6 Å². The molecule has 0 aliphatic carbocycles. The van der Waals surface area contributed by atoms with Gasteiger partial charge < -0.3 is 15.2 Å². The molecule has 1 atom stereocenters. The number of anilines is 1. The summed E-state index contributed by atoms with van der Waals surface area (Å²) in [5, 5.41) is 15.6. The van der Waals surface area contributed by atoms with Gasteiger partial charge in [-0.3, -0.25) is 5.32 Å². The second-order valence-electron chi connectivity index (χ2n) is 4.21. The third-order valence-corrected chi connectivity index (χ3v) is 3.20. The number of amides is 2. The highest BCUT2D eigenvalue weighted by atomic mass is 32.1. The molecule has 0 bridgehead atoms. The maximum absolute atomic E-state index is 11.6. The second kappa shape index (κ2) is 6.53. The van der Waals surface area contributed by atoms with Crippen molar-refractivity contribution < 1.29 is 19.4 Å². The van der Waals surface area contributed by atoms with E-state index in [9.17, 15) is 14.7 Å². The van der Waals surface area contributed by atoms with Gasteiger partial charge in [0.2, 0.25) is 0 Å². The van der Waals surface area contributed by atoms with E-state index in [-0.39, 0.29) is 13.2 Å². The van der Waals surface area contributed by atoms with Crippen LogP contribution in [0.25, 0.3) is 0 Å². The molecule has 1 heterocycles. The number of carbonyl (C=O) groups excluding carboxylic acids is 2. The molecule has 6 nitrogen and oxygen atoms in total. The van der Waals surface area contributed by atoms with Crippen molar-refractivity contribution in [1.29, 1.82) is 0 Å². The summed E-state index contributed by atoms with van der Waals surface area (Å²) in [6, 6.07) is 3.18. The summed E-state index contributed by atoms with van der Waals surface area (Å²) in [7, 11) is 0. The van der Waals surface area contributed by atoms with Crippen molar-refractivity contribution in [2.24, 2.45) is 0 Å². The molecule has 0 unspecified atom stereocenters. The van der Waals surface area contributed by atoms with Crippen LogP contribution in [0.1, 0.15) is 18.7 Å². The van der Waals surface area contributed by atoms with Crippen molar-refractivity contribution in [2.75, 3.05) is 18.5 Å². The maximum Gasteiger partial charge on any atom is 0.339 e. The molecule has 0 saturated carbocycles. The fourth-order valence-electron chi connectivity index (χ4n) is 1.27. The number of hydrogen-bond donors (Lipinski definition) is 3. The van der Waals surface area contributed by atoms with Crippen LogP contribution in [-0.2, 0) is 9.53 Å². The predicted molar refractivity (Wildman–Crippen MR) is 73.3 cm³/mol. The Morgan fingerprint density at radius 2 is 2.16 bits per heavy atom. The second-order valence-corrected chi connectivity index (χ2v) is 5.50. The van der Waals surface area contributed by atoms with Crippen LogP contribution in [0.5, 0.6) is 0 Å². The van der Waals surface area contributed by atoms with Gasteiger partial charge in [0, 0.05) is 4.88 Å². The SMILES string of the molecule is CCOC(=O)[C@@](C)(O)CNC(=O)Nc1ccc(C)s1. The van der Waals surface area contributed by atoms with E-state index in [1.165, 1.54) is 18.3 Å². The van der Waals surface area contributed by atoms with E-state index in [0.29, 0.717) is 5.00 Å². The largest absolute Gasteiger partial charge is 0.464 e. The predicted octanol–water partition coefficient (Wildman–Crippen LogP) is 1.49. The summed E-state index contributed by atoms with van der Waals surface area (Å²) < 4.78 is 4.70. The molecule has 7 heteroatoms. The van der Waals surface area contributed by atoms with Crippen LogP contribution < -0.4 is 10.6 Å². The van der Waals surface area contributed by atoms with Crippen molar-refractivity contribution in [1.82, 2.24) is 5.32 Å². The molecule has 1 aromatic heterocycles. The molecule has 0 spiro atoms. The van der Waals surface area contributed by atoms with Crippen LogP contribution in [-0.4, -0.2) is 35.9 Å². The van der Waals surface area contributed by atoms with Gasteiger partial charge in [-0.25, -0.2) is 9.59 Å². The van der Waals surface area contributed by atoms with Crippen molar-refractivity contribution >= 4 is 28.3 Å². The average Bonchev–Trinajstić information content (AvgIpc) is 2.72. The smallest absolute Gasteiger partial charge is 0.339 e. The lowest BCUT2D eigenvalue weighted by atomic mass is 10.1. The van der Waals surface area contributed by atoms with Crippen LogP contribution >= 0.6 is 11.3 Å². The molecule has 0 aliphatic rings. The Hall–Kier alpha value is -1.60. The van der Waals surface area contributed by atoms with E-state index >= 15 is 0 Å². The van der Waals surface area contributed by atoms with E-state index in [2.05, 4.69) is 10.6 Å². The van der Waals surface area contributed by atoms with Crippen molar-refractivity contribution in [3.05, 3.63) is 17.0 Å². The topological polar surface area (TPSA) is 87.7 Å². The normalized spacial score (nSPS) is 13.5. The van der Waals surface area contributed by atoms with E-state index in [1.54, 1.807) is 13.0 Å². The third-order valence-electron chi connectivity index (χ3n) is 2.29. The van der Waals surface area contributed by atoms with Crippen LogP contribution in [0.15, 0.2) is 12.1 Å². The first-order valence-corrected chi connectivity index (χ1v) is 6.67. The van der Waals surface area contributed by atoms with Crippen LogP contribution in [0.3, 0.4) is 0 Å². The molecule has 19 heavy (non-hydrogen) atoms. The zero-order valence-corrected chi connectivity index (χ0v) is 12.0. The lowest BCUT2D eigenvalue weighted by Crippen LogP contribution is -2.48. The highest BCUT2D eigenvalue weighted by molar-refractivity contribution is 7.16. The Kier molecular flexibility index (Phi) is 5.31. The van der Waals surface area contributed by atoms with Gasteiger partial charge in [-0.1, -0.05) is 0 Å². The quantitative estimate of drug-likeness (QED) is 0.716.